The summed E-state index contributed by atoms with van der Waals surface area (Å²) in [5, 5.41) is 22.0. The van der Waals surface area contributed by atoms with Gasteiger partial charge in [-0.3, -0.25) is 9.78 Å². The predicted octanol–water partition coefficient (Wildman–Crippen LogP) is 3.89. The number of carbonyl (C=O) groups excluding carboxylic acids is 1. The number of hydrogen-bond acceptors (Lipinski definition) is 9. The minimum Gasteiger partial charge on any atom is -0.381 e. The summed E-state index contributed by atoms with van der Waals surface area (Å²) in [7, 11) is 1.56. The van der Waals surface area contributed by atoms with Crippen molar-refractivity contribution in [2.75, 3.05) is 18.9 Å². The summed E-state index contributed by atoms with van der Waals surface area (Å²) >= 11 is 6.10. The van der Waals surface area contributed by atoms with Crippen LogP contribution in [0.4, 0.5) is 5.82 Å². The molecule has 0 aliphatic carbocycles. The van der Waals surface area contributed by atoms with E-state index < -0.39 is 0 Å². The van der Waals surface area contributed by atoms with Crippen molar-refractivity contribution in [2.45, 2.75) is 20.4 Å². The average Bonchev–Trinajstić information content (AvgIpc) is 3.22. The van der Waals surface area contributed by atoms with Gasteiger partial charge in [0, 0.05) is 49.4 Å². The van der Waals surface area contributed by atoms with Crippen LogP contribution in [0.25, 0.3) is 27.6 Å². The number of nitrogens with zero attached hydrogens (tertiary/aromatic N) is 4. The third kappa shape index (κ3) is 5.49. The number of hydrogen-bond donors (Lipinski definition) is 4. The minimum atomic E-state index is -0.181. The molecule has 0 aliphatic heterocycles. The number of fused-ring (bicyclic) bond motifs is 1. The Morgan fingerprint density at radius 3 is 2.72 bits per heavy atom. The van der Waals surface area contributed by atoms with Gasteiger partial charge < -0.3 is 25.9 Å². The van der Waals surface area contributed by atoms with Gasteiger partial charge in [0.1, 0.15) is 11.6 Å². The number of aryl methyl sites for hydroxylation is 2. The van der Waals surface area contributed by atoms with Crippen LogP contribution in [0.3, 0.4) is 0 Å². The lowest BCUT2D eigenvalue weighted by molar-refractivity contribution is -0.119. The molecule has 0 aliphatic rings. The first-order valence-electron chi connectivity index (χ1n) is 11.1. The Balaban J connectivity index is 1.78. The fourth-order valence-corrected chi connectivity index (χ4v) is 3.89. The van der Waals surface area contributed by atoms with Crippen molar-refractivity contribution in [2.24, 2.45) is 0 Å². The van der Waals surface area contributed by atoms with E-state index in [9.17, 15) is 4.79 Å². The zero-order chi connectivity index (χ0) is 25.7. The molecule has 0 saturated heterocycles. The van der Waals surface area contributed by atoms with E-state index in [4.69, 9.17) is 26.5 Å². The van der Waals surface area contributed by atoms with Crippen molar-refractivity contribution in [3.8, 4) is 11.1 Å². The summed E-state index contributed by atoms with van der Waals surface area (Å²) in [5.74, 6) is 1.45. The lowest BCUT2D eigenvalue weighted by Crippen LogP contribution is -2.28. The molecule has 184 valence electrons. The van der Waals surface area contributed by atoms with Crippen LogP contribution in [0.15, 0.2) is 47.4 Å². The zero-order valence-electron chi connectivity index (χ0n) is 20.0. The summed E-state index contributed by atoms with van der Waals surface area (Å²) in [6.45, 7) is 4.26. The highest BCUT2D eigenvalue weighted by Crippen LogP contribution is 2.32. The second-order valence-electron chi connectivity index (χ2n) is 7.99. The van der Waals surface area contributed by atoms with Gasteiger partial charge in [0.15, 0.2) is 5.82 Å². The molecule has 0 saturated carbocycles. The van der Waals surface area contributed by atoms with Crippen LogP contribution in [0.1, 0.15) is 22.8 Å². The van der Waals surface area contributed by atoms with Crippen LogP contribution in [0, 0.1) is 19.3 Å². The quantitative estimate of drug-likeness (QED) is 0.251. The van der Waals surface area contributed by atoms with E-state index in [0.717, 1.165) is 39.7 Å². The Hall–Kier alpha value is -4.31. The van der Waals surface area contributed by atoms with Crippen LogP contribution in [0.5, 0.6) is 0 Å². The summed E-state index contributed by atoms with van der Waals surface area (Å²) in [5.41, 5.74) is 4.62. The molecule has 1 amide bonds. The van der Waals surface area contributed by atoms with E-state index in [1.807, 2.05) is 38.1 Å². The maximum atomic E-state index is 11.5. The van der Waals surface area contributed by atoms with E-state index >= 15 is 0 Å². The summed E-state index contributed by atoms with van der Waals surface area (Å²) in [6.07, 6.45) is 5.99. The topological polar surface area (TPSA) is 142 Å². The van der Waals surface area contributed by atoms with E-state index in [1.165, 1.54) is 0 Å². The van der Waals surface area contributed by atoms with Gasteiger partial charge in [-0.2, -0.15) is 0 Å². The number of anilines is 1. The van der Waals surface area contributed by atoms with Crippen LogP contribution in [-0.4, -0.2) is 45.8 Å². The lowest BCUT2D eigenvalue weighted by Gasteiger charge is -2.13. The molecule has 4 rings (SSSR count). The monoisotopic (exact) mass is 504 g/mol. The number of aromatic nitrogens is 4. The standard InChI is InChI=1S/C25H25ClN8O2/c1-14-23(15(2)36-34-14)17-4-5-21-20(7-17)25(31-10-16-6-19(26)12-29-9-16)33-24(32-21)18(8-27)11-30-13-22(35)28-3/h4-9,11-12,27,30H,10,13H2,1-3H3,(H,28,35)(H,31,32,33)/b18-11+,27-8?. The van der Waals surface area contributed by atoms with Gasteiger partial charge in [-0.1, -0.05) is 22.8 Å². The normalized spacial score (nSPS) is 11.4. The molecule has 11 heteroatoms. The van der Waals surface area contributed by atoms with Crippen molar-refractivity contribution in [1.29, 1.82) is 5.41 Å². The molecule has 0 fully saturated rings. The van der Waals surface area contributed by atoms with E-state index in [2.05, 4.69) is 31.1 Å². The molecule has 0 unspecified atom stereocenters. The van der Waals surface area contributed by atoms with E-state index in [1.54, 1.807) is 25.6 Å². The first-order valence-corrected chi connectivity index (χ1v) is 11.5. The summed E-state index contributed by atoms with van der Waals surface area (Å²) in [6, 6.07) is 7.66. The Morgan fingerprint density at radius 1 is 1.19 bits per heavy atom. The second kappa shape index (κ2) is 11.0. The summed E-state index contributed by atoms with van der Waals surface area (Å²) < 4.78 is 5.35. The molecule has 0 bridgehead atoms. The maximum Gasteiger partial charge on any atom is 0.239 e. The average molecular weight is 505 g/mol. The van der Waals surface area contributed by atoms with Crippen molar-refractivity contribution in [3.63, 3.8) is 0 Å². The molecule has 3 heterocycles. The molecule has 1 aromatic carbocycles. The van der Waals surface area contributed by atoms with Crippen LogP contribution in [-0.2, 0) is 11.3 Å². The van der Waals surface area contributed by atoms with Crippen molar-refractivity contribution in [3.05, 3.63) is 70.7 Å². The number of amides is 1. The Labute approximate surface area is 212 Å². The number of benzene rings is 1. The van der Waals surface area contributed by atoms with Crippen molar-refractivity contribution in [1.82, 2.24) is 30.7 Å². The molecule has 0 spiro atoms. The SMILES string of the molecule is CNC(=O)CN/C=C(\C=N)c1nc(NCc2cncc(Cl)c2)c2cc(-c3c(C)noc3C)ccc2n1. The molecule has 0 radical (unpaired) electrons. The van der Waals surface area contributed by atoms with Gasteiger partial charge in [0.05, 0.1) is 28.4 Å². The van der Waals surface area contributed by atoms with E-state index in [0.29, 0.717) is 34.3 Å². The van der Waals surface area contributed by atoms with Crippen molar-refractivity contribution < 1.29 is 9.32 Å². The second-order valence-corrected chi connectivity index (χ2v) is 8.43. The van der Waals surface area contributed by atoms with Gasteiger partial charge in [-0.05, 0) is 43.2 Å². The fraction of sp³-hybridized carbons (Fsp3) is 0.200. The highest BCUT2D eigenvalue weighted by molar-refractivity contribution is 6.30. The van der Waals surface area contributed by atoms with Crippen LogP contribution >= 0.6 is 11.6 Å². The molecule has 0 atom stereocenters. The number of allylic oxidation sites excluding steroid dienone is 1. The van der Waals surface area contributed by atoms with Gasteiger partial charge in [0.2, 0.25) is 5.91 Å². The van der Waals surface area contributed by atoms with Crippen LogP contribution < -0.4 is 16.0 Å². The Kier molecular flexibility index (Phi) is 7.55. The Bertz CT molecular complexity index is 1440. The fourth-order valence-electron chi connectivity index (χ4n) is 3.69. The third-order valence-electron chi connectivity index (χ3n) is 5.45. The van der Waals surface area contributed by atoms with Gasteiger partial charge in [0.25, 0.3) is 0 Å². The van der Waals surface area contributed by atoms with Crippen LogP contribution in [0.2, 0.25) is 5.02 Å². The number of nitrogens with one attached hydrogen (secondary N) is 4. The molecule has 4 aromatic rings. The highest BCUT2D eigenvalue weighted by Gasteiger charge is 2.16. The molecular weight excluding hydrogens is 480 g/mol. The predicted molar refractivity (Wildman–Crippen MR) is 140 cm³/mol. The maximum absolute atomic E-state index is 11.5. The number of halogens is 1. The first kappa shape index (κ1) is 24.8. The Morgan fingerprint density at radius 2 is 2.03 bits per heavy atom. The smallest absolute Gasteiger partial charge is 0.239 e. The number of pyridine rings is 1. The highest BCUT2D eigenvalue weighted by atomic mass is 35.5. The largest absolute Gasteiger partial charge is 0.381 e. The third-order valence-corrected chi connectivity index (χ3v) is 5.66. The minimum absolute atomic E-state index is 0.0646. The molecule has 3 aromatic heterocycles. The molecular formula is C25H25ClN8O2. The van der Waals surface area contributed by atoms with Crippen molar-refractivity contribution >= 4 is 46.0 Å². The van der Waals surface area contributed by atoms with Gasteiger partial charge in [-0.15, -0.1) is 0 Å². The number of rotatable bonds is 9. The van der Waals surface area contributed by atoms with Gasteiger partial charge in [-0.25, -0.2) is 9.97 Å². The van der Waals surface area contributed by atoms with E-state index in [-0.39, 0.29) is 12.5 Å². The molecule has 4 N–H and O–H groups in total. The number of carbonyl (C=O) groups is 1. The summed E-state index contributed by atoms with van der Waals surface area (Å²) in [4.78, 5) is 25.1. The lowest BCUT2D eigenvalue weighted by atomic mass is 10.0. The molecule has 36 heavy (non-hydrogen) atoms. The van der Waals surface area contributed by atoms with Gasteiger partial charge >= 0.3 is 0 Å². The zero-order valence-corrected chi connectivity index (χ0v) is 20.8. The number of likely N-dealkylation sites (N-methyl/N-ethyl adjacent to an activating group) is 1. The molecule has 10 nitrogen and oxygen atoms in total. The first-order chi connectivity index (χ1) is 17.4.